The molecular formula is C17H15FN2O5. The van der Waals surface area contributed by atoms with Gasteiger partial charge in [-0.2, -0.15) is 0 Å². The molecular weight excluding hydrogens is 331 g/mol. The SMILES string of the molecule is Cc1cc(C(=O)O[C@H](C)C(=O)Nc2ccccc2F)ccc1[N+](=O)[O-]. The first-order valence-electron chi connectivity index (χ1n) is 7.31. The van der Waals surface area contributed by atoms with Crippen LogP contribution in [0.25, 0.3) is 0 Å². The molecule has 0 aliphatic heterocycles. The molecule has 130 valence electrons. The molecule has 0 spiro atoms. The Kier molecular flexibility index (Phi) is 5.43. The van der Waals surface area contributed by atoms with E-state index in [2.05, 4.69) is 5.32 Å². The Bertz CT molecular complexity index is 838. The van der Waals surface area contributed by atoms with E-state index in [4.69, 9.17) is 4.74 Å². The third-order valence-corrected chi connectivity index (χ3v) is 3.41. The number of esters is 1. The van der Waals surface area contributed by atoms with E-state index < -0.39 is 28.7 Å². The standard InChI is InChI=1S/C17H15FN2O5/c1-10-9-12(7-8-15(10)20(23)24)17(22)25-11(2)16(21)19-14-6-4-3-5-13(14)18/h3-9,11H,1-2H3,(H,19,21)/t11-/m1/s1. The maximum absolute atomic E-state index is 13.5. The number of amides is 1. The van der Waals surface area contributed by atoms with E-state index >= 15 is 0 Å². The van der Waals surface area contributed by atoms with Crippen molar-refractivity contribution in [3.63, 3.8) is 0 Å². The van der Waals surface area contributed by atoms with Crippen molar-refractivity contribution in [3.05, 3.63) is 69.5 Å². The van der Waals surface area contributed by atoms with Crippen molar-refractivity contribution in [2.24, 2.45) is 0 Å². The number of nitro benzene ring substituents is 1. The van der Waals surface area contributed by atoms with Crippen molar-refractivity contribution in [1.29, 1.82) is 0 Å². The molecule has 1 amide bonds. The van der Waals surface area contributed by atoms with Gasteiger partial charge in [-0.15, -0.1) is 0 Å². The highest BCUT2D eigenvalue weighted by Gasteiger charge is 2.21. The Hall–Kier alpha value is -3.29. The predicted molar refractivity (Wildman–Crippen MR) is 87.7 cm³/mol. The molecule has 0 aliphatic carbocycles. The van der Waals surface area contributed by atoms with Crippen molar-refractivity contribution < 1.29 is 23.6 Å². The lowest BCUT2D eigenvalue weighted by atomic mass is 10.1. The zero-order valence-electron chi connectivity index (χ0n) is 13.5. The molecule has 0 bridgehead atoms. The molecule has 8 heteroatoms. The van der Waals surface area contributed by atoms with Crippen LogP contribution < -0.4 is 5.32 Å². The fourth-order valence-corrected chi connectivity index (χ4v) is 2.07. The predicted octanol–water partition coefficient (Wildman–Crippen LogP) is 3.23. The van der Waals surface area contributed by atoms with Crippen molar-refractivity contribution in [2.75, 3.05) is 5.32 Å². The van der Waals surface area contributed by atoms with Crippen LogP contribution in [0, 0.1) is 22.9 Å². The van der Waals surface area contributed by atoms with Crippen LogP contribution in [0.2, 0.25) is 0 Å². The lowest BCUT2D eigenvalue weighted by molar-refractivity contribution is -0.385. The number of para-hydroxylation sites is 1. The van der Waals surface area contributed by atoms with E-state index in [1.165, 1.54) is 50.2 Å². The molecule has 2 rings (SSSR count). The molecule has 1 N–H and O–H groups in total. The number of nitrogens with zero attached hydrogens (tertiary/aromatic N) is 1. The summed E-state index contributed by atoms with van der Waals surface area (Å²) >= 11 is 0. The monoisotopic (exact) mass is 346 g/mol. The summed E-state index contributed by atoms with van der Waals surface area (Å²) in [6.07, 6.45) is -1.18. The van der Waals surface area contributed by atoms with E-state index in [-0.39, 0.29) is 16.9 Å². The highest BCUT2D eigenvalue weighted by Crippen LogP contribution is 2.20. The van der Waals surface area contributed by atoms with Gasteiger partial charge in [0.1, 0.15) is 5.82 Å². The van der Waals surface area contributed by atoms with Crippen molar-refractivity contribution >= 4 is 23.3 Å². The minimum Gasteiger partial charge on any atom is -0.449 e. The summed E-state index contributed by atoms with van der Waals surface area (Å²) in [5, 5.41) is 13.1. The van der Waals surface area contributed by atoms with Gasteiger partial charge in [0.15, 0.2) is 6.10 Å². The normalized spacial score (nSPS) is 11.5. The van der Waals surface area contributed by atoms with Gasteiger partial charge in [0, 0.05) is 11.6 Å². The van der Waals surface area contributed by atoms with Gasteiger partial charge in [-0.25, -0.2) is 9.18 Å². The number of carbonyl (C=O) groups excluding carboxylic acids is 2. The highest BCUT2D eigenvalue weighted by atomic mass is 19.1. The number of halogens is 1. The molecule has 0 saturated carbocycles. The molecule has 1 atom stereocenters. The van der Waals surface area contributed by atoms with E-state index in [0.717, 1.165) is 0 Å². The zero-order chi connectivity index (χ0) is 18.6. The average molecular weight is 346 g/mol. The molecule has 2 aromatic rings. The third-order valence-electron chi connectivity index (χ3n) is 3.41. The first-order chi connectivity index (χ1) is 11.8. The lowest BCUT2D eigenvalue weighted by Crippen LogP contribution is -2.30. The first kappa shape index (κ1) is 18.1. The molecule has 0 unspecified atom stereocenters. The van der Waals surface area contributed by atoms with Crippen molar-refractivity contribution in [2.45, 2.75) is 20.0 Å². The van der Waals surface area contributed by atoms with Gasteiger partial charge >= 0.3 is 5.97 Å². The molecule has 0 aliphatic rings. The molecule has 0 aromatic heterocycles. The second-order valence-electron chi connectivity index (χ2n) is 5.28. The Labute approximate surface area is 142 Å². The Morgan fingerprint density at radius 1 is 1.24 bits per heavy atom. The summed E-state index contributed by atoms with van der Waals surface area (Å²) in [6, 6.07) is 9.33. The second-order valence-corrected chi connectivity index (χ2v) is 5.28. The van der Waals surface area contributed by atoms with Gasteiger partial charge in [0.25, 0.3) is 11.6 Å². The van der Waals surface area contributed by atoms with Gasteiger partial charge in [-0.05, 0) is 38.1 Å². The Morgan fingerprint density at radius 3 is 2.52 bits per heavy atom. The van der Waals surface area contributed by atoms with Gasteiger partial charge in [0.05, 0.1) is 16.2 Å². The quantitative estimate of drug-likeness (QED) is 0.509. The lowest BCUT2D eigenvalue weighted by Gasteiger charge is -2.14. The largest absolute Gasteiger partial charge is 0.449 e. The topological polar surface area (TPSA) is 98.5 Å². The number of nitro groups is 1. The molecule has 0 radical (unpaired) electrons. The number of nitrogens with one attached hydrogen (secondary N) is 1. The van der Waals surface area contributed by atoms with Gasteiger partial charge in [-0.1, -0.05) is 12.1 Å². The smallest absolute Gasteiger partial charge is 0.338 e. The van der Waals surface area contributed by atoms with E-state index in [1.54, 1.807) is 6.07 Å². The summed E-state index contributed by atoms with van der Waals surface area (Å²) in [5.41, 5.74) is 0.222. The van der Waals surface area contributed by atoms with Crippen LogP contribution in [0.5, 0.6) is 0 Å². The summed E-state index contributed by atoms with van der Waals surface area (Å²) in [4.78, 5) is 34.3. The Morgan fingerprint density at radius 2 is 1.92 bits per heavy atom. The minimum absolute atomic E-state index is 0.0263. The van der Waals surface area contributed by atoms with Crippen LogP contribution in [-0.4, -0.2) is 22.9 Å². The average Bonchev–Trinajstić information content (AvgIpc) is 2.56. The zero-order valence-corrected chi connectivity index (χ0v) is 13.5. The van der Waals surface area contributed by atoms with Crippen LogP contribution in [0.1, 0.15) is 22.8 Å². The fraction of sp³-hybridized carbons (Fsp3) is 0.176. The van der Waals surface area contributed by atoms with Gasteiger partial charge in [-0.3, -0.25) is 14.9 Å². The van der Waals surface area contributed by atoms with Crippen molar-refractivity contribution in [3.8, 4) is 0 Å². The molecule has 0 saturated heterocycles. The Balaban J connectivity index is 2.04. The number of benzene rings is 2. The first-order valence-corrected chi connectivity index (χ1v) is 7.31. The molecule has 2 aromatic carbocycles. The summed E-state index contributed by atoms with van der Waals surface area (Å²) in [6.45, 7) is 2.83. The number of carbonyl (C=O) groups is 2. The fourth-order valence-electron chi connectivity index (χ4n) is 2.07. The number of aryl methyl sites for hydroxylation is 1. The van der Waals surface area contributed by atoms with Gasteiger partial charge in [0.2, 0.25) is 0 Å². The molecule has 0 heterocycles. The number of hydrogen-bond acceptors (Lipinski definition) is 5. The number of rotatable bonds is 5. The van der Waals surface area contributed by atoms with Crippen LogP contribution in [0.15, 0.2) is 42.5 Å². The van der Waals surface area contributed by atoms with Crippen LogP contribution in [0.4, 0.5) is 15.8 Å². The van der Waals surface area contributed by atoms with Gasteiger partial charge < -0.3 is 10.1 Å². The minimum atomic E-state index is -1.18. The number of ether oxygens (including phenoxy) is 1. The summed E-state index contributed by atoms with van der Waals surface area (Å²) in [7, 11) is 0. The van der Waals surface area contributed by atoms with E-state index in [1.807, 2.05) is 0 Å². The van der Waals surface area contributed by atoms with E-state index in [9.17, 15) is 24.1 Å². The molecule has 7 nitrogen and oxygen atoms in total. The van der Waals surface area contributed by atoms with Crippen LogP contribution >= 0.6 is 0 Å². The number of anilines is 1. The second kappa shape index (κ2) is 7.52. The molecule has 25 heavy (non-hydrogen) atoms. The molecule has 0 fully saturated rings. The van der Waals surface area contributed by atoms with Crippen molar-refractivity contribution in [1.82, 2.24) is 0 Å². The maximum atomic E-state index is 13.5. The number of hydrogen-bond donors (Lipinski definition) is 1. The van der Waals surface area contributed by atoms with Crippen LogP contribution in [0.3, 0.4) is 0 Å². The van der Waals surface area contributed by atoms with E-state index in [0.29, 0.717) is 5.56 Å². The third kappa shape index (κ3) is 4.37. The van der Waals surface area contributed by atoms with Crippen LogP contribution in [-0.2, 0) is 9.53 Å². The highest BCUT2D eigenvalue weighted by molar-refractivity contribution is 5.97. The summed E-state index contributed by atoms with van der Waals surface area (Å²) < 4.78 is 18.5. The summed E-state index contributed by atoms with van der Waals surface area (Å²) in [5.74, 6) is -2.12. The maximum Gasteiger partial charge on any atom is 0.338 e.